The van der Waals surface area contributed by atoms with E-state index in [0.717, 1.165) is 16.7 Å². The molecule has 3 amide bonds. The molecule has 1 aliphatic rings. The summed E-state index contributed by atoms with van der Waals surface area (Å²) in [6, 6.07) is 17.2. The molecule has 0 aromatic heterocycles. The average molecular weight is 558 g/mol. The summed E-state index contributed by atoms with van der Waals surface area (Å²) in [5.41, 5.74) is 1.17. The number of amides is 3. The van der Waals surface area contributed by atoms with Gasteiger partial charge < -0.3 is 10.1 Å². The van der Waals surface area contributed by atoms with E-state index >= 15 is 0 Å². The minimum atomic E-state index is -0.566. The summed E-state index contributed by atoms with van der Waals surface area (Å²) in [7, 11) is 0. The molecule has 0 atom stereocenters. The molecule has 3 aromatic carbocycles. The fourth-order valence-corrected chi connectivity index (χ4v) is 4.59. The van der Waals surface area contributed by atoms with E-state index in [1.165, 1.54) is 30.3 Å². The van der Waals surface area contributed by atoms with Gasteiger partial charge in [-0.3, -0.25) is 29.4 Å². The number of halogens is 2. The van der Waals surface area contributed by atoms with Gasteiger partial charge in [0.25, 0.3) is 22.7 Å². The number of rotatable bonds is 8. The number of para-hydroxylation sites is 1. The fraction of sp³-hybridized carbons (Fsp3) is 0.0800. The molecule has 12 heteroatoms. The lowest BCUT2D eigenvalue weighted by atomic mass is 10.1. The zero-order chi connectivity index (χ0) is 26.5. The van der Waals surface area contributed by atoms with Crippen LogP contribution >= 0.6 is 35.0 Å². The van der Waals surface area contributed by atoms with Gasteiger partial charge in [0.2, 0.25) is 0 Å². The van der Waals surface area contributed by atoms with Crippen LogP contribution in [-0.2, 0) is 16.1 Å². The van der Waals surface area contributed by atoms with Crippen LogP contribution in [0.25, 0.3) is 6.08 Å². The Hall–Kier alpha value is -3.86. The molecular weight excluding hydrogens is 541 g/mol. The van der Waals surface area contributed by atoms with Gasteiger partial charge in [-0.1, -0.05) is 47.5 Å². The zero-order valence-electron chi connectivity index (χ0n) is 18.9. The third-order valence-electron chi connectivity index (χ3n) is 5.13. The molecule has 1 aliphatic heterocycles. The van der Waals surface area contributed by atoms with Gasteiger partial charge in [0.1, 0.15) is 5.75 Å². The number of carbonyl (C=O) groups excluding carboxylic acids is 3. The number of carbonyl (C=O) groups is 3. The highest BCUT2D eigenvalue weighted by Crippen LogP contribution is 2.35. The van der Waals surface area contributed by atoms with Gasteiger partial charge in [0.15, 0.2) is 6.61 Å². The fourth-order valence-electron chi connectivity index (χ4n) is 3.38. The van der Waals surface area contributed by atoms with Crippen LogP contribution in [0.5, 0.6) is 5.75 Å². The Morgan fingerprint density at radius 1 is 1.08 bits per heavy atom. The maximum Gasteiger partial charge on any atom is 0.293 e. The van der Waals surface area contributed by atoms with Crippen molar-refractivity contribution >= 4 is 69.5 Å². The van der Waals surface area contributed by atoms with Gasteiger partial charge in [0, 0.05) is 22.3 Å². The second kappa shape index (κ2) is 11.5. The molecule has 0 bridgehead atoms. The Labute approximate surface area is 225 Å². The summed E-state index contributed by atoms with van der Waals surface area (Å²) < 4.78 is 5.49. The number of hydrogen-bond donors (Lipinski definition) is 1. The summed E-state index contributed by atoms with van der Waals surface area (Å²) in [5.74, 6) is -0.701. The van der Waals surface area contributed by atoms with E-state index < -0.39 is 22.0 Å². The van der Waals surface area contributed by atoms with E-state index in [4.69, 9.17) is 27.9 Å². The van der Waals surface area contributed by atoms with E-state index in [1.807, 2.05) is 0 Å². The van der Waals surface area contributed by atoms with E-state index in [9.17, 15) is 24.5 Å². The Balaban J connectivity index is 1.40. The molecule has 4 rings (SSSR count). The van der Waals surface area contributed by atoms with Gasteiger partial charge in [0.05, 0.1) is 21.4 Å². The summed E-state index contributed by atoms with van der Waals surface area (Å²) in [5, 5.41) is 14.1. The number of nitrogens with one attached hydrogen (secondary N) is 1. The lowest BCUT2D eigenvalue weighted by Crippen LogP contribution is -2.27. The molecule has 1 N–H and O–H groups in total. The molecule has 188 valence electrons. The Morgan fingerprint density at radius 2 is 1.81 bits per heavy atom. The van der Waals surface area contributed by atoms with Crippen LogP contribution in [0, 0.1) is 10.1 Å². The first-order valence-corrected chi connectivity index (χ1v) is 12.2. The molecule has 0 unspecified atom stereocenters. The average Bonchev–Trinajstić information content (AvgIpc) is 3.12. The minimum Gasteiger partial charge on any atom is -0.482 e. The Bertz CT molecular complexity index is 1430. The monoisotopic (exact) mass is 557 g/mol. The molecule has 9 nitrogen and oxygen atoms in total. The van der Waals surface area contributed by atoms with Gasteiger partial charge in [-0.25, -0.2) is 0 Å². The zero-order valence-corrected chi connectivity index (χ0v) is 21.2. The van der Waals surface area contributed by atoms with Gasteiger partial charge in [-0.2, -0.15) is 0 Å². The summed E-state index contributed by atoms with van der Waals surface area (Å²) in [6.07, 6.45) is 1.49. The maximum absolute atomic E-state index is 12.8. The predicted octanol–water partition coefficient (Wildman–Crippen LogP) is 6.16. The molecule has 1 saturated heterocycles. The third-order valence-corrected chi connectivity index (χ3v) is 6.59. The van der Waals surface area contributed by atoms with Crippen LogP contribution in [0.4, 0.5) is 16.2 Å². The summed E-state index contributed by atoms with van der Waals surface area (Å²) in [4.78, 5) is 49.2. The number of ether oxygens (including phenoxy) is 1. The number of benzene rings is 3. The van der Waals surface area contributed by atoms with Gasteiger partial charge in [-0.15, -0.1) is 0 Å². The normalized spacial score (nSPS) is 14.2. The molecule has 3 aromatic rings. The standard InChI is InChI=1S/C25H17Cl2N3O6S/c26-17-6-8-18(9-7-17)28-23(31)14-36-21-10-5-15(11-19(21)27)12-22-24(32)29(25(33)37-22)13-16-3-1-2-4-20(16)30(34)35/h1-12H,13-14H2,(H,28,31)/b22-12-. The smallest absolute Gasteiger partial charge is 0.293 e. The summed E-state index contributed by atoms with van der Waals surface area (Å²) >= 11 is 12.8. The SMILES string of the molecule is O=C(COc1ccc(/C=C2\SC(=O)N(Cc3ccccc3[N+](=O)[O-])C2=O)cc1Cl)Nc1ccc(Cl)cc1. The van der Waals surface area contributed by atoms with Crippen molar-refractivity contribution in [1.29, 1.82) is 0 Å². The maximum atomic E-state index is 12.8. The minimum absolute atomic E-state index is 0.149. The number of anilines is 1. The van der Waals surface area contributed by atoms with Crippen molar-refractivity contribution in [3.8, 4) is 5.75 Å². The number of thioether (sulfide) groups is 1. The number of imide groups is 1. The molecule has 1 fully saturated rings. The molecule has 0 spiro atoms. The largest absolute Gasteiger partial charge is 0.482 e. The van der Waals surface area contributed by atoms with Crippen LogP contribution in [-0.4, -0.2) is 33.5 Å². The first-order valence-electron chi connectivity index (χ1n) is 10.7. The lowest BCUT2D eigenvalue weighted by Gasteiger charge is -2.12. The highest BCUT2D eigenvalue weighted by atomic mass is 35.5. The number of nitro groups is 1. The quantitative estimate of drug-likeness (QED) is 0.200. The lowest BCUT2D eigenvalue weighted by molar-refractivity contribution is -0.385. The Kier molecular flexibility index (Phi) is 8.12. The number of nitrogens with zero attached hydrogens (tertiary/aromatic N) is 2. The van der Waals surface area contributed by atoms with E-state index in [-0.39, 0.29) is 40.1 Å². The second-order valence-corrected chi connectivity index (χ2v) is 9.52. The second-order valence-electron chi connectivity index (χ2n) is 7.69. The molecular formula is C25H17Cl2N3O6S. The van der Waals surface area contributed by atoms with Gasteiger partial charge >= 0.3 is 0 Å². The molecule has 0 radical (unpaired) electrons. The summed E-state index contributed by atoms with van der Waals surface area (Å²) in [6.45, 7) is -0.503. The van der Waals surface area contributed by atoms with Crippen LogP contribution in [0.1, 0.15) is 11.1 Å². The van der Waals surface area contributed by atoms with Crippen molar-refractivity contribution in [1.82, 2.24) is 4.90 Å². The van der Waals surface area contributed by atoms with Crippen molar-refractivity contribution in [3.05, 3.63) is 103 Å². The van der Waals surface area contributed by atoms with Crippen LogP contribution in [0.15, 0.2) is 71.6 Å². The third kappa shape index (κ3) is 6.48. The van der Waals surface area contributed by atoms with E-state index in [2.05, 4.69) is 5.32 Å². The van der Waals surface area contributed by atoms with Crippen molar-refractivity contribution in [2.24, 2.45) is 0 Å². The van der Waals surface area contributed by atoms with Crippen LogP contribution in [0.2, 0.25) is 10.0 Å². The van der Waals surface area contributed by atoms with Gasteiger partial charge in [-0.05, 0) is 59.8 Å². The van der Waals surface area contributed by atoms with Crippen molar-refractivity contribution < 1.29 is 24.0 Å². The van der Waals surface area contributed by atoms with Crippen molar-refractivity contribution in [3.63, 3.8) is 0 Å². The number of hydrogen-bond acceptors (Lipinski definition) is 7. The first-order chi connectivity index (χ1) is 17.7. The predicted molar refractivity (Wildman–Crippen MR) is 142 cm³/mol. The van der Waals surface area contributed by atoms with Crippen molar-refractivity contribution in [2.45, 2.75) is 6.54 Å². The topological polar surface area (TPSA) is 119 Å². The van der Waals surface area contributed by atoms with Crippen molar-refractivity contribution in [2.75, 3.05) is 11.9 Å². The molecule has 0 aliphatic carbocycles. The highest BCUT2D eigenvalue weighted by molar-refractivity contribution is 8.18. The molecule has 37 heavy (non-hydrogen) atoms. The van der Waals surface area contributed by atoms with Crippen LogP contribution in [0.3, 0.4) is 0 Å². The Morgan fingerprint density at radius 3 is 2.51 bits per heavy atom. The molecule has 0 saturated carbocycles. The van der Waals surface area contributed by atoms with E-state index in [1.54, 1.807) is 42.5 Å². The highest BCUT2D eigenvalue weighted by Gasteiger charge is 2.36. The van der Waals surface area contributed by atoms with Crippen LogP contribution < -0.4 is 10.1 Å². The first kappa shape index (κ1) is 26.2. The number of nitro benzene ring substituents is 1. The molecule has 1 heterocycles. The van der Waals surface area contributed by atoms with E-state index in [0.29, 0.717) is 16.3 Å².